The fourth-order valence-electron chi connectivity index (χ4n) is 1.53. The molecule has 0 aromatic carbocycles. The van der Waals surface area contributed by atoms with Crippen LogP contribution in [0, 0.1) is 0 Å². The molecule has 0 radical (unpaired) electrons. The van der Waals surface area contributed by atoms with Gasteiger partial charge in [-0.15, -0.1) is 0 Å². The zero-order chi connectivity index (χ0) is 12.2. The van der Waals surface area contributed by atoms with E-state index < -0.39 is 15.1 Å². The third kappa shape index (κ3) is 3.75. The molecule has 1 aliphatic rings. The second kappa shape index (κ2) is 5.63. The van der Waals surface area contributed by atoms with E-state index in [1.807, 2.05) is 0 Å². The minimum Gasteiger partial charge on any atom is -0.340 e. The molecule has 1 aliphatic heterocycles. The van der Waals surface area contributed by atoms with Crippen molar-refractivity contribution in [3.05, 3.63) is 0 Å². The maximum atomic E-state index is 11.8. The molecule has 16 heavy (non-hydrogen) atoms. The van der Waals surface area contributed by atoms with Gasteiger partial charge in [0, 0.05) is 19.6 Å². The molecule has 1 rings (SSSR count). The van der Waals surface area contributed by atoms with E-state index in [9.17, 15) is 13.2 Å². The fourth-order valence-corrected chi connectivity index (χ4v) is 2.39. The van der Waals surface area contributed by atoms with Crippen molar-refractivity contribution in [3.63, 3.8) is 0 Å². The fraction of sp³-hybridized carbons (Fsp3) is 0.900. The molecule has 0 unspecified atom stereocenters. The van der Waals surface area contributed by atoms with Crippen LogP contribution in [0.25, 0.3) is 0 Å². The van der Waals surface area contributed by atoms with Crippen LogP contribution in [0.3, 0.4) is 0 Å². The first-order valence-electron chi connectivity index (χ1n) is 5.63. The minimum atomic E-state index is -3.27. The van der Waals surface area contributed by atoms with Crippen molar-refractivity contribution in [1.82, 2.24) is 10.2 Å². The van der Waals surface area contributed by atoms with E-state index in [2.05, 4.69) is 5.32 Å². The van der Waals surface area contributed by atoms with Gasteiger partial charge in [0.15, 0.2) is 9.84 Å². The van der Waals surface area contributed by atoms with Gasteiger partial charge in [0.05, 0.1) is 5.25 Å². The van der Waals surface area contributed by atoms with Crippen LogP contribution in [0.5, 0.6) is 0 Å². The van der Waals surface area contributed by atoms with Gasteiger partial charge in [0.2, 0.25) is 5.91 Å². The molecule has 1 amide bonds. The Morgan fingerprint density at radius 1 is 1.31 bits per heavy atom. The number of sulfone groups is 1. The maximum Gasteiger partial charge on any atom is 0.237 e. The monoisotopic (exact) mass is 248 g/mol. The highest BCUT2D eigenvalue weighted by molar-refractivity contribution is 7.92. The summed E-state index contributed by atoms with van der Waals surface area (Å²) in [6.45, 7) is 6.10. The van der Waals surface area contributed by atoms with Crippen LogP contribution < -0.4 is 5.32 Å². The zero-order valence-corrected chi connectivity index (χ0v) is 10.7. The number of amides is 1. The topological polar surface area (TPSA) is 66.5 Å². The second-order valence-electron chi connectivity index (χ2n) is 4.34. The predicted octanol–water partition coefficient (Wildman–Crippen LogP) is -0.368. The second-order valence-corrected chi connectivity index (χ2v) is 6.90. The molecule has 0 aromatic heterocycles. The van der Waals surface area contributed by atoms with Crippen molar-refractivity contribution in [1.29, 1.82) is 0 Å². The van der Waals surface area contributed by atoms with Gasteiger partial charge in [-0.25, -0.2) is 8.42 Å². The Hall–Kier alpha value is -0.620. The maximum absolute atomic E-state index is 11.8. The highest BCUT2D eigenvalue weighted by Crippen LogP contribution is 2.04. The van der Waals surface area contributed by atoms with Crippen molar-refractivity contribution < 1.29 is 13.2 Å². The Kier molecular flexibility index (Phi) is 4.73. The molecule has 6 heteroatoms. The van der Waals surface area contributed by atoms with Gasteiger partial charge in [0.25, 0.3) is 0 Å². The summed E-state index contributed by atoms with van der Waals surface area (Å²) in [6.07, 6.45) is 0.882. The molecule has 0 spiro atoms. The smallest absolute Gasteiger partial charge is 0.237 e. The van der Waals surface area contributed by atoms with Crippen LogP contribution in [-0.4, -0.2) is 56.4 Å². The van der Waals surface area contributed by atoms with E-state index >= 15 is 0 Å². The number of rotatable bonds is 3. The molecule has 1 heterocycles. The molecule has 94 valence electrons. The van der Waals surface area contributed by atoms with Gasteiger partial charge in [-0.3, -0.25) is 4.79 Å². The Morgan fingerprint density at radius 2 is 2.00 bits per heavy atom. The predicted molar refractivity (Wildman–Crippen MR) is 63.0 cm³/mol. The summed E-state index contributed by atoms with van der Waals surface area (Å²) in [6, 6.07) is 0. The van der Waals surface area contributed by atoms with E-state index in [-0.39, 0.29) is 11.7 Å². The summed E-state index contributed by atoms with van der Waals surface area (Å²) >= 11 is 0. The first-order chi connectivity index (χ1) is 7.43. The van der Waals surface area contributed by atoms with Gasteiger partial charge in [-0.05, 0) is 26.8 Å². The SMILES string of the molecule is CC(C)S(=O)(=O)CC(=O)N1CCCNCC1. The summed E-state index contributed by atoms with van der Waals surface area (Å²) in [5, 5.41) is 2.69. The Balaban J connectivity index is 2.57. The average Bonchev–Trinajstić information content (AvgIpc) is 2.44. The molecule has 1 saturated heterocycles. The summed E-state index contributed by atoms with van der Waals surface area (Å²) in [5.41, 5.74) is 0. The standard InChI is InChI=1S/C10H20N2O3S/c1-9(2)16(14,15)8-10(13)12-6-3-4-11-5-7-12/h9,11H,3-8H2,1-2H3. The van der Waals surface area contributed by atoms with E-state index in [0.29, 0.717) is 13.1 Å². The van der Waals surface area contributed by atoms with Crippen LogP contribution in [0.1, 0.15) is 20.3 Å². The molecule has 1 fully saturated rings. The lowest BCUT2D eigenvalue weighted by Crippen LogP contribution is -2.39. The Morgan fingerprint density at radius 3 is 2.62 bits per heavy atom. The van der Waals surface area contributed by atoms with Crippen LogP contribution >= 0.6 is 0 Å². The zero-order valence-electron chi connectivity index (χ0n) is 9.90. The van der Waals surface area contributed by atoms with E-state index in [1.54, 1.807) is 18.7 Å². The number of carbonyl (C=O) groups excluding carboxylic acids is 1. The van der Waals surface area contributed by atoms with Gasteiger partial charge in [0.1, 0.15) is 5.75 Å². The molecule has 0 aromatic rings. The molecule has 0 bridgehead atoms. The van der Waals surface area contributed by atoms with Gasteiger partial charge in [-0.1, -0.05) is 0 Å². The number of hydrogen-bond acceptors (Lipinski definition) is 4. The van der Waals surface area contributed by atoms with E-state index in [1.165, 1.54) is 0 Å². The third-order valence-corrected chi connectivity index (χ3v) is 4.82. The molecule has 0 aliphatic carbocycles. The van der Waals surface area contributed by atoms with Gasteiger partial charge in [-0.2, -0.15) is 0 Å². The Bertz CT molecular complexity index is 330. The largest absolute Gasteiger partial charge is 0.340 e. The van der Waals surface area contributed by atoms with Crippen molar-refractivity contribution in [3.8, 4) is 0 Å². The quantitative estimate of drug-likeness (QED) is 0.740. The van der Waals surface area contributed by atoms with Gasteiger partial charge >= 0.3 is 0 Å². The number of carbonyl (C=O) groups is 1. The van der Waals surface area contributed by atoms with Crippen LogP contribution in [-0.2, 0) is 14.6 Å². The first-order valence-corrected chi connectivity index (χ1v) is 7.35. The molecule has 1 N–H and O–H groups in total. The third-order valence-electron chi connectivity index (χ3n) is 2.74. The van der Waals surface area contributed by atoms with Crippen molar-refractivity contribution in [2.24, 2.45) is 0 Å². The summed E-state index contributed by atoms with van der Waals surface area (Å²) in [4.78, 5) is 13.4. The van der Waals surface area contributed by atoms with E-state index in [4.69, 9.17) is 0 Å². The highest BCUT2D eigenvalue weighted by Gasteiger charge is 2.24. The van der Waals surface area contributed by atoms with Crippen LogP contribution in [0.15, 0.2) is 0 Å². The molecule has 0 saturated carbocycles. The first kappa shape index (κ1) is 13.4. The molecule has 5 nitrogen and oxygen atoms in total. The number of hydrogen-bond donors (Lipinski definition) is 1. The molecule has 0 atom stereocenters. The lowest BCUT2D eigenvalue weighted by atomic mass is 10.4. The van der Waals surface area contributed by atoms with Gasteiger partial charge < -0.3 is 10.2 Å². The van der Waals surface area contributed by atoms with Crippen LogP contribution in [0.4, 0.5) is 0 Å². The minimum absolute atomic E-state index is 0.266. The summed E-state index contributed by atoms with van der Waals surface area (Å²) in [5.74, 6) is -0.623. The van der Waals surface area contributed by atoms with E-state index in [0.717, 1.165) is 19.5 Å². The summed E-state index contributed by atoms with van der Waals surface area (Å²) in [7, 11) is -3.27. The number of nitrogens with zero attached hydrogens (tertiary/aromatic N) is 1. The van der Waals surface area contributed by atoms with Crippen LogP contribution in [0.2, 0.25) is 0 Å². The molecular formula is C10H20N2O3S. The highest BCUT2D eigenvalue weighted by atomic mass is 32.2. The Labute approximate surface area is 97.1 Å². The van der Waals surface area contributed by atoms with Crippen molar-refractivity contribution in [2.45, 2.75) is 25.5 Å². The lowest BCUT2D eigenvalue weighted by Gasteiger charge is -2.20. The average molecular weight is 248 g/mol. The van der Waals surface area contributed by atoms with Crippen molar-refractivity contribution in [2.75, 3.05) is 31.9 Å². The molecular weight excluding hydrogens is 228 g/mol. The summed E-state index contributed by atoms with van der Waals surface area (Å²) < 4.78 is 23.2. The van der Waals surface area contributed by atoms with Crippen molar-refractivity contribution >= 4 is 15.7 Å². The lowest BCUT2D eigenvalue weighted by molar-refractivity contribution is -0.128. The normalized spacial score (nSPS) is 18.6. The number of nitrogens with one attached hydrogen (secondary N) is 1.